The van der Waals surface area contributed by atoms with Crippen LogP contribution in [0.25, 0.3) is 82.4 Å². The molecule has 8 rings (SSSR count). The second-order valence-corrected chi connectivity index (χ2v) is 11.6. The van der Waals surface area contributed by atoms with Crippen LogP contribution in [0.3, 0.4) is 0 Å². The lowest BCUT2D eigenvalue weighted by Crippen LogP contribution is -1.90. The van der Waals surface area contributed by atoms with Crippen molar-refractivity contribution >= 4 is 49.1 Å². The molecule has 0 N–H and O–H groups in total. The van der Waals surface area contributed by atoms with E-state index in [9.17, 15) is 0 Å². The van der Waals surface area contributed by atoms with Crippen LogP contribution in [0.2, 0.25) is 0 Å². The molecule has 1 nitrogen and oxygen atoms in total. The standard InChI is InChI=1S/C45H32O/c1-3-15-31(16-4-2)44-34(30-17-7-5-8-18-30)26-27-39-40-29-33(25-28-41(40)46-45(39)44)43-37-23-13-11-21-35(37)42(32-19-9-6-10-20-32)36-22-12-14-24-38(36)43/h3-29H,1H2,2H3/b16-4-,31-15+. The summed E-state index contributed by atoms with van der Waals surface area (Å²) in [5.74, 6) is 0. The SMILES string of the molecule is C=C/C=C(\C=C/C)c1c(-c2ccccc2)ccc2c1oc1ccc(-c3c4ccccc4c(-c4ccccc4)c4ccccc34)cc12. The summed E-state index contributed by atoms with van der Waals surface area (Å²) < 4.78 is 6.75. The molecule has 0 aliphatic carbocycles. The fourth-order valence-electron chi connectivity index (χ4n) is 7.02. The third kappa shape index (κ3) is 4.48. The zero-order chi connectivity index (χ0) is 31.0. The van der Waals surface area contributed by atoms with E-state index in [1.165, 1.54) is 43.8 Å². The Labute approximate surface area is 269 Å². The molecule has 7 aromatic carbocycles. The Balaban J connectivity index is 1.43. The zero-order valence-corrected chi connectivity index (χ0v) is 25.7. The minimum atomic E-state index is 0.873. The van der Waals surface area contributed by atoms with Gasteiger partial charge in [0.1, 0.15) is 11.2 Å². The molecule has 1 aromatic heterocycles. The van der Waals surface area contributed by atoms with Crippen molar-refractivity contribution in [1.29, 1.82) is 0 Å². The van der Waals surface area contributed by atoms with Gasteiger partial charge in [-0.25, -0.2) is 0 Å². The highest BCUT2D eigenvalue weighted by Crippen LogP contribution is 2.46. The van der Waals surface area contributed by atoms with Crippen LogP contribution in [-0.2, 0) is 0 Å². The molecule has 0 saturated carbocycles. The fourth-order valence-corrected chi connectivity index (χ4v) is 7.02. The first kappa shape index (κ1) is 27.6. The maximum atomic E-state index is 6.75. The van der Waals surface area contributed by atoms with Crippen molar-refractivity contribution in [1.82, 2.24) is 0 Å². The maximum absolute atomic E-state index is 6.75. The Morgan fingerprint density at radius 1 is 0.543 bits per heavy atom. The maximum Gasteiger partial charge on any atom is 0.143 e. The van der Waals surface area contributed by atoms with Gasteiger partial charge in [0.25, 0.3) is 0 Å². The van der Waals surface area contributed by atoms with Gasteiger partial charge >= 0.3 is 0 Å². The average molecular weight is 589 g/mol. The highest BCUT2D eigenvalue weighted by atomic mass is 16.3. The summed E-state index contributed by atoms with van der Waals surface area (Å²) in [4.78, 5) is 0. The Hall–Kier alpha value is -5.92. The lowest BCUT2D eigenvalue weighted by molar-refractivity contribution is 0.668. The van der Waals surface area contributed by atoms with Gasteiger partial charge in [-0.15, -0.1) is 0 Å². The molecule has 0 unspecified atom stereocenters. The molecule has 1 heteroatoms. The molecule has 0 saturated heterocycles. The minimum Gasteiger partial charge on any atom is -0.455 e. The van der Waals surface area contributed by atoms with Gasteiger partial charge in [0.15, 0.2) is 0 Å². The third-order valence-corrected chi connectivity index (χ3v) is 8.94. The lowest BCUT2D eigenvalue weighted by atomic mass is 9.85. The summed E-state index contributed by atoms with van der Waals surface area (Å²) in [5.41, 5.74) is 11.1. The van der Waals surface area contributed by atoms with E-state index in [-0.39, 0.29) is 0 Å². The largest absolute Gasteiger partial charge is 0.455 e. The van der Waals surface area contributed by atoms with E-state index < -0.39 is 0 Å². The van der Waals surface area contributed by atoms with Gasteiger partial charge in [-0.1, -0.05) is 152 Å². The highest BCUT2D eigenvalue weighted by molar-refractivity contribution is 6.22. The molecule has 8 aromatic rings. The Morgan fingerprint density at radius 2 is 1.11 bits per heavy atom. The number of benzene rings is 7. The smallest absolute Gasteiger partial charge is 0.143 e. The molecule has 1 heterocycles. The monoisotopic (exact) mass is 588 g/mol. The van der Waals surface area contributed by atoms with Gasteiger partial charge in [-0.05, 0) is 85.6 Å². The molecule has 0 amide bonds. The predicted molar refractivity (Wildman–Crippen MR) is 198 cm³/mol. The van der Waals surface area contributed by atoms with Crippen LogP contribution in [0.4, 0.5) is 0 Å². The van der Waals surface area contributed by atoms with Crippen molar-refractivity contribution in [2.75, 3.05) is 0 Å². The van der Waals surface area contributed by atoms with E-state index in [1.54, 1.807) is 0 Å². The van der Waals surface area contributed by atoms with Crippen LogP contribution in [0, 0.1) is 0 Å². The number of hydrogen-bond donors (Lipinski definition) is 0. The normalized spacial score (nSPS) is 12.2. The van der Waals surface area contributed by atoms with Gasteiger partial charge in [-0.2, -0.15) is 0 Å². The molecular weight excluding hydrogens is 556 g/mol. The first-order chi connectivity index (χ1) is 22.8. The van der Waals surface area contributed by atoms with E-state index in [1.807, 2.05) is 13.0 Å². The topological polar surface area (TPSA) is 13.1 Å². The minimum absolute atomic E-state index is 0.873. The summed E-state index contributed by atoms with van der Waals surface area (Å²) in [7, 11) is 0. The molecule has 0 atom stereocenters. The molecule has 0 fully saturated rings. The number of rotatable bonds is 6. The molecular formula is C45H32O. The Kier molecular flexibility index (Phi) is 6.93. The summed E-state index contributed by atoms with van der Waals surface area (Å²) >= 11 is 0. The van der Waals surface area contributed by atoms with Crippen molar-refractivity contribution < 1.29 is 4.42 Å². The number of allylic oxidation sites excluding steroid dienone is 5. The average Bonchev–Trinajstić information content (AvgIpc) is 3.49. The first-order valence-electron chi connectivity index (χ1n) is 15.8. The van der Waals surface area contributed by atoms with Crippen LogP contribution in [-0.4, -0.2) is 0 Å². The summed E-state index contributed by atoms with van der Waals surface area (Å²) in [5, 5.41) is 7.18. The van der Waals surface area contributed by atoms with Gasteiger partial charge in [0.2, 0.25) is 0 Å². The van der Waals surface area contributed by atoms with Crippen LogP contribution < -0.4 is 0 Å². The van der Waals surface area contributed by atoms with Gasteiger partial charge in [0, 0.05) is 16.3 Å². The molecule has 0 bridgehead atoms. The van der Waals surface area contributed by atoms with Crippen LogP contribution >= 0.6 is 0 Å². The lowest BCUT2D eigenvalue weighted by Gasteiger charge is -2.17. The van der Waals surface area contributed by atoms with E-state index >= 15 is 0 Å². The second-order valence-electron chi connectivity index (χ2n) is 11.6. The van der Waals surface area contributed by atoms with Gasteiger partial charge in [0.05, 0.1) is 0 Å². The van der Waals surface area contributed by atoms with E-state index in [4.69, 9.17) is 4.42 Å². The van der Waals surface area contributed by atoms with E-state index in [0.717, 1.165) is 44.2 Å². The molecule has 0 aliphatic heterocycles. The predicted octanol–water partition coefficient (Wildman–Crippen LogP) is 13.0. The summed E-state index contributed by atoms with van der Waals surface area (Å²) in [6, 6.07) is 50.0. The second kappa shape index (κ2) is 11.5. The summed E-state index contributed by atoms with van der Waals surface area (Å²) in [6.07, 6.45) is 8.11. The van der Waals surface area contributed by atoms with Crippen molar-refractivity contribution in [3.8, 4) is 33.4 Å². The first-order valence-corrected chi connectivity index (χ1v) is 15.8. The number of fused-ring (bicyclic) bond motifs is 5. The van der Waals surface area contributed by atoms with Crippen molar-refractivity contribution in [2.45, 2.75) is 6.92 Å². The highest BCUT2D eigenvalue weighted by Gasteiger charge is 2.20. The molecule has 0 aliphatic rings. The van der Waals surface area contributed by atoms with Crippen LogP contribution in [0.15, 0.2) is 175 Å². The summed E-state index contributed by atoms with van der Waals surface area (Å²) in [6.45, 7) is 6.06. The van der Waals surface area contributed by atoms with Crippen molar-refractivity contribution in [2.24, 2.45) is 0 Å². The number of hydrogen-bond acceptors (Lipinski definition) is 1. The molecule has 218 valence electrons. The Morgan fingerprint density at radius 3 is 1.70 bits per heavy atom. The quantitative estimate of drug-likeness (QED) is 0.139. The molecule has 0 radical (unpaired) electrons. The fraction of sp³-hybridized carbons (Fsp3) is 0.0222. The van der Waals surface area contributed by atoms with Crippen molar-refractivity contribution in [3.63, 3.8) is 0 Å². The number of furan rings is 1. The van der Waals surface area contributed by atoms with E-state index in [0.29, 0.717) is 0 Å². The van der Waals surface area contributed by atoms with E-state index in [2.05, 4.69) is 164 Å². The third-order valence-electron chi connectivity index (χ3n) is 8.94. The van der Waals surface area contributed by atoms with Crippen molar-refractivity contribution in [3.05, 3.63) is 176 Å². The molecule has 0 spiro atoms. The molecule has 46 heavy (non-hydrogen) atoms. The van der Waals surface area contributed by atoms with Crippen LogP contribution in [0.5, 0.6) is 0 Å². The van der Waals surface area contributed by atoms with Gasteiger partial charge in [-0.3, -0.25) is 0 Å². The van der Waals surface area contributed by atoms with Crippen LogP contribution in [0.1, 0.15) is 12.5 Å². The Bertz CT molecular complexity index is 2420. The zero-order valence-electron chi connectivity index (χ0n) is 25.7. The van der Waals surface area contributed by atoms with Gasteiger partial charge < -0.3 is 4.42 Å².